The summed E-state index contributed by atoms with van der Waals surface area (Å²) in [5.74, 6) is 2.12. The van der Waals surface area contributed by atoms with E-state index in [0.717, 1.165) is 4.90 Å². The monoisotopic (exact) mass is 420 g/mol. The van der Waals surface area contributed by atoms with Crippen LogP contribution in [-0.4, -0.2) is 36.5 Å². The summed E-state index contributed by atoms with van der Waals surface area (Å²) < 4.78 is 16.2. The molecule has 2 heterocycles. The van der Waals surface area contributed by atoms with Gasteiger partial charge in [0.25, 0.3) is 11.8 Å². The number of allylic oxidation sites excluding steroid dienone is 1. The van der Waals surface area contributed by atoms with E-state index in [4.69, 9.17) is 20.3 Å². The summed E-state index contributed by atoms with van der Waals surface area (Å²) >= 11 is 0. The van der Waals surface area contributed by atoms with Gasteiger partial charge in [-0.15, -0.1) is 13.0 Å². The third kappa shape index (κ3) is 4.67. The number of terminal acetylenes is 1. The predicted octanol–water partition coefficient (Wildman–Crippen LogP) is 2.69. The van der Waals surface area contributed by atoms with E-state index in [1.54, 1.807) is 30.3 Å². The molecule has 0 unspecified atom stereocenters. The Morgan fingerprint density at radius 1 is 1.32 bits per heavy atom. The van der Waals surface area contributed by atoms with Crippen molar-refractivity contribution in [3.63, 3.8) is 0 Å². The minimum Gasteiger partial charge on any atom is -0.493 e. The lowest BCUT2D eigenvalue weighted by Crippen LogP contribution is -2.53. The molecule has 0 atom stereocenters. The minimum absolute atomic E-state index is 0.0473. The first kappa shape index (κ1) is 21.5. The number of barbiturate groups is 1. The van der Waals surface area contributed by atoms with Gasteiger partial charge in [-0.3, -0.25) is 19.8 Å². The quantitative estimate of drug-likeness (QED) is 0.305. The second-order valence-electron chi connectivity index (χ2n) is 6.48. The number of hydrogen-bond donors (Lipinski definition) is 1. The molecular formula is C23H20N2O6. The smallest absolute Gasteiger partial charge is 0.331 e. The maximum Gasteiger partial charge on any atom is 0.331 e. The van der Waals surface area contributed by atoms with Gasteiger partial charge in [-0.2, -0.15) is 0 Å². The lowest BCUT2D eigenvalue weighted by atomic mass is 10.0. The molecule has 0 aliphatic carbocycles. The summed E-state index contributed by atoms with van der Waals surface area (Å²) in [4.78, 5) is 38.3. The van der Waals surface area contributed by atoms with Crippen molar-refractivity contribution >= 4 is 23.9 Å². The number of nitrogens with zero attached hydrogens (tertiary/aromatic N) is 1. The largest absolute Gasteiger partial charge is 0.493 e. The Bertz CT molecular complexity index is 1090. The van der Waals surface area contributed by atoms with Crippen LogP contribution in [-0.2, 0) is 22.6 Å². The molecule has 1 aromatic carbocycles. The molecule has 1 saturated heterocycles. The Balaban J connectivity index is 1.99. The van der Waals surface area contributed by atoms with Crippen molar-refractivity contribution in [2.45, 2.75) is 13.0 Å². The van der Waals surface area contributed by atoms with Crippen LogP contribution in [0.4, 0.5) is 4.79 Å². The minimum atomic E-state index is -0.813. The van der Waals surface area contributed by atoms with Gasteiger partial charge in [0.15, 0.2) is 11.5 Å². The van der Waals surface area contributed by atoms with Crippen molar-refractivity contribution in [2.24, 2.45) is 0 Å². The van der Waals surface area contributed by atoms with Crippen molar-refractivity contribution in [3.8, 4) is 23.8 Å². The number of nitrogens with one attached hydrogen (secondary N) is 1. The average Bonchev–Trinajstić information content (AvgIpc) is 3.26. The third-order valence-corrected chi connectivity index (χ3v) is 4.43. The molecule has 0 spiro atoms. The molecule has 0 radical (unpaired) electrons. The SMILES string of the molecule is C#CCOc1c(CC=C)cc(C=C2C(=O)NC(=O)N(Cc3ccco3)C2=O)cc1OC. The van der Waals surface area contributed by atoms with Crippen LogP contribution < -0.4 is 14.8 Å². The lowest BCUT2D eigenvalue weighted by Gasteiger charge is -2.25. The molecule has 4 amide bonds. The van der Waals surface area contributed by atoms with E-state index in [2.05, 4.69) is 17.8 Å². The molecule has 1 aromatic heterocycles. The van der Waals surface area contributed by atoms with E-state index in [9.17, 15) is 14.4 Å². The van der Waals surface area contributed by atoms with Gasteiger partial charge >= 0.3 is 6.03 Å². The van der Waals surface area contributed by atoms with Crippen LogP contribution in [0.2, 0.25) is 0 Å². The standard InChI is InChI=1S/C23H20N2O6/c1-4-7-16-11-15(13-19(29-3)20(16)31-9-5-2)12-18-21(26)24-23(28)25(22(18)27)14-17-8-6-10-30-17/h2,4,6,8,10-13H,1,7,9,14H2,3H3,(H,24,26,28). The van der Waals surface area contributed by atoms with Gasteiger partial charge in [0, 0.05) is 5.56 Å². The molecule has 1 aliphatic heterocycles. The molecule has 0 bridgehead atoms. The van der Waals surface area contributed by atoms with Crippen molar-refractivity contribution in [2.75, 3.05) is 13.7 Å². The summed E-state index contributed by atoms with van der Waals surface area (Å²) in [6, 6.07) is 5.80. The van der Waals surface area contributed by atoms with Crippen molar-refractivity contribution in [1.29, 1.82) is 0 Å². The molecule has 8 heteroatoms. The molecule has 1 aliphatic rings. The molecule has 3 rings (SSSR count). The summed E-state index contributed by atoms with van der Waals surface area (Å²) in [5.41, 5.74) is 1.02. The third-order valence-electron chi connectivity index (χ3n) is 4.43. The Hall–Kier alpha value is -4.25. The van der Waals surface area contributed by atoms with Gasteiger partial charge in [-0.25, -0.2) is 4.79 Å². The number of imide groups is 2. The molecular weight excluding hydrogens is 400 g/mol. The second kappa shape index (κ2) is 9.50. The number of ether oxygens (including phenoxy) is 2. The number of carbonyl (C=O) groups is 3. The molecule has 2 aromatic rings. The van der Waals surface area contributed by atoms with Crippen molar-refractivity contribution in [1.82, 2.24) is 10.2 Å². The first-order valence-electron chi connectivity index (χ1n) is 9.27. The summed E-state index contributed by atoms with van der Waals surface area (Å²) in [7, 11) is 1.47. The zero-order valence-corrected chi connectivity index (χ0v) is 16.8. The topological polar surface area (TPSA) is 98.1 Å². The molecule has 158 valence electrons. The Morgan fingerprint density at radius 2 is 2.13 bits per heavy atom. The summed E-state index contributed by atoms with van der Waals surface area (Å²) in [6.07, 6.45) is 10.2. The number of carbonyl (C=O) groups excluding carboxylic acids is 3. The van der Waals surface area contributed by atoms with E-state index in [1.165, 1.54) is 19.4 Å². The first-order valence-corrected chi connectivity index (χ1v) is 9.27. The van der Waals surface area contributed by atoms with E-state index >= 15 is 0 Å². The maximum atomic E-state index is 12.9. The highest BCUT2D eigenvalue weighted by Gasteiger charge is 2.36. The van der Waals surface area contributed by atoms with Crippen molar-refractivity contribution < 1.29 is 28.3 Å². The second-order valence-corrected chi connectivity index (χ2v) is 6.48. The van der Waals surface area contributed by atoms with Gasteiger partial charge in [0.2, 0.25) is 0 Å². The molecule has 31 heavy (non-hydrogen) atoms. The Kier molecular flexibility index (Phi) is 6.58. The number of hydrogen-bond acceptors (Lipinski definition) is 6. The number of benzene rings is 1. The molecule has 1 N–H and O–H groups in total. The van der Waals surface area contributed by atoms with Gasteiger partial charge < -0.3 is 13.9 Å². The van der Waals surface area contributed by atoms with Gasteiger partial charge in [-0.1, -0.05) is 12.0 Å². The van der Waals surface area contributed by atoms with E-state index < -0.39 is 17.8 Å². The number of rotatable bonds is 8. The zero-order valence-electron chi connectivity index (χ0n) is 16.8. The molecule has 8 nitrogen and oxygen atoms in total. The molecule has 1 fully saturated rings. The fraction of sp³-hybridized carbons (Fsp3) is 0.174. The number of methoxy groups -OCH3 is 1. The number of furan rings is 1. The molecule has 0 saturated carbocycles. The normalized spacial score (nSPS) is 14.9. The average molecular weight is 420 g/mol. The predicted molar refractivity (Wildman–Crippen MR) is 112 cm³/mol. The van der Waals surface area contributed by atoms with Crippen LogP contribution in [0.3, 0.4) is 0 Å². The zero-order chi connectivity index (χ0) is 22.4. The van der Waals surface area contributed by atoms with E-state index in [1.807, 2.05) is 0 Å². The van der Waals surface area contributed by atoms with Crippen LogP contribution in [0.25, 0.3) is 6.08 Å². The fourth-order valence-electron chi connectivity index (χ4n) is 3.07. The van der Waals surface area contributed by atoms with Gasteiger partial charge in [-0.05, 0) is 42.3 Å². The first-order chi connectivity index (χ1) is 15.0. The van der Waals surface area contributed by atoms with Crippen molar-refractivity contribution in [3.05, 3.63) is 65.6 Å². The van der Waals surface area contributed by atoms with Crippen LogP contribution in [0.1, 0.15) is 16.9 Å². The van der Waals surface area contributed by atoms with Crippen LogP contribution in [0.15, 0.2) is 53.2 Å². The highest BCUT2D eigenvalue weighted by Crippen LogP contribution is 2.34. The van der Waals surface area contributed by atoms with Crippen LogP contribution in [0, 0.1) is 12.3 Å². The maximum absolute atomic E-state index is 12.9. The van der Waals surface area contributed by atoms with Crippen LogP contribution in [0.5, 0.6) is 11.5 Å². The fourth-order valence-corrected chi connectivity index (χ4v) is 3.07. The van der Waals surface area contributed by atoms with E-state index in [0.29, 0.717) is 34.8 Å². The highest BCUT2D eigenvalue weighted by molar-refractivity contribution is 6.30. The lowest BCUT2D eigenvalue weighted by molar-refractivity contribution is -0.130. The number of urea groups is 1. The summed E-state index contributed by atoms with van der Waals surface area (Å²) in [5, 5.41) is 2.17. The Morgan fingerprint density at radius 3 is 2.77 bits per heavy atom. The van der Waals surface area contributed by atoms with Crippen LogP contribution >= 0.6 is 0 Å². The van der Waals surface area contributed by atoms with E-state index in [-0.39, 0.29) is 18.7 Å². The highest BCUT2D eigenvalue weighted by atomic mass is 16.5. The van der Waals surface area contributed by atoms with Gasteiger partial charge in [0.05, 0.1) is 19.9 Å². The summed E-state index contributed by atoms with van der Waals surface area (Å²) in [6.45, 7) is 3.67. The van der Waals surface area contributed by atoms with Gasteiger partial charge in [0.1, 0.15) is 17.9 Å². The number of amides is 4. The Labute approximate surface area is 179 Å².